The standard InChI is InChI=1S/C16H21N3O5/c1-11-5-2-3-8-14(11)17-16(21)18-15(20)10-24-13-7-4-6-12(9-13)19(22)23/h4,6-7,9,11,14H,2-3,5,8,10H2,1H3,(H2,17,18,20,21)/t11-,14+/m0/s1. The third-order valence-corrected chi connectivity index (χ3v) is 4.08. The van der Waals surface area contributed by atoms with Gasteiger partial charge < -0.3 is 10.1 Å². The van der Waals surface area contributed by atoms with E-state index in [4.69, 9.17) is 4.74 Å². The third kappa shape index (κ3) is 5.22. The minimum atomic E-state index is -0.609. The van der Waals surface area contributed by atoms with E-state index in [1.54, 1.807) is 0 Å². The van der Waals surface area contributed by atoms with Crippen molar-refractivity contribution in [3.05, 3.63) is 34.4 Å². The molecule has 0 heterocycles. The number of carbonyl (C=O) groups is 2. The van der Waals surface area contributed by atoms with E-state index in [1.165, 1.54) is 24.3 Å². The number of hydrogen-bond donors (Lipinski definition) is 2. The molecular formula is C16H21N3O5. The van der Waals surface area contributed by atoms with Gasteiger partial charge in [-0.2, -0.15) is 0 Å². The topological polar surface area (TPSA) is 111 Å². The number of urea groups is 1. The highest BCUT2D eigenvalue weighted by Crippen LogP contribution is 2.23. The summed E-state index contributed by atoms with van der Waals surface area (Å²) in [6, 6.07) is 5.04. The van der Waals surface area contributed by atoms with Crippen molar-refractivity contribution in [2.45, 2.75) is 38.6 Å². The molecule has 2 atom stereocenters. The molecule has 2 rings (SSSR count). The molecule has 130 valence electrons. The van der Waals surface area contributed by atoms with Crippen molar-refractivity contribution in [2.75, 3.05) is 6.61 Å². The summed E-state index contributed by atoms with van der Waals surface area (Å²) in [6.45, 7) is 1.69. The van der Waals surface area contributed by atoms with Gasteiger partial charge >= 0.3 is 6.03 Å². The summed E-state index contributed by atoms with van der Waals surface area (Å²) in [4.78, 5) is 33.7. The molecule has 8 nitrogen and oxygen atoms in total. The summed E-state index contributed by atoms with van der Waals surface area (Å²) >= 11 is 0. The molecule has 1 aliphatic carbocycles. The van der Waals surface area contributed by atoms with E-state index in [0.717, 1.165) is 25.7 Å². The maximum atomic E-state index is 11.8. The van der Waals surface area contributed by atoms with Crippen LogP contribution in [-0.2, 0) is 4.79 Å². The Morgan fingerprint density at radius 1 is 1.33 bits per heavy atom. The first-order chi connectivity index (χ1) is 11.5. The second-order valence-electron chi connectivity index (χ2n) is 5.93. The van der Waals surface area contributed by atoms with Gasteiger partial charge in [-0.25, -0.2) is 4.79 Å². The number of non-ortho nitro benzene ring substituents is 1. The number of carbonyl (C=O) groups excluding carboxylic acids is 2. The molecule has 3 amide bonds. The smallest absolute Gasteiger partial charge is 0.321 e. The van der Waals surface area contributed by atoms with Gasteiger partial charge in [-0.1, -0.05) is 25.8 Å². The van der Waals surface area contributed by atoms with Crippen LogP contribution in [0.2, 0.25) is 0 Å². The zero-order valence-corrected chi connectivity index (χ0v) is 13.5. The van der Waals surface area contributed by atoms with Gasteiger partial charge in [-0.15, -0.1) is 0 Å². The summed E-state index contributed by atoms with van der Waals surface area (Å²) < 4.78 is 5.17. The molecule has 0 aliphatic heterocycles. The van der Waals surface area contributed by atoms with Gasteiger partial charge in [0.1, 0.15) is 5.75 Å². The van der Waals surface area contributed by atoms with E-state index in [-0.39, 0.29) is 17.5 Å². The van der Waals surface area contributed by atoms with Crippen LogP contribution in [-0.4, -0.2) is 29.5 Å². The van der Waals surface area contributed by atoms with Crippen LogP contribution >= 0.6 is 0 Å². The Bertz CT molecular complexity index is 619. The minimum Gasteiger partial charge on any atom is -0.484 e. The van der Waals surface area contributed by atoms with Gasteiger partial charge in [0.05, 0.1) is 11.0 Å². The Morgan fingerprint density at radius 2 is 2.08 bits per heavy atom. The van der Waals surface area contributed by atoms with Gasteiger partial charge in [0, 0.05) is 12.1 Å². The van der Waals surface area contributed by atoms with Crippen molar-refractivity contribution in [2.24, 2.45) is 5.92 Å². The highest BCUT2D eigenvalue weighted by Gasteiger charge is 2.23. The number of hydrogen-bond acceptors (Lipinski definition) is 5. The zero-order valence-electron chi connectivity index (χ0n) is 13.5. The van der Waals surface area contributed by atoms with Crippen LogP contribution in [0.5, 0.6) is 5.75 Å². The van der Waals surface area contributed by atoms with Gasteiger partial charge in [0.15, 0.2) is 6.61 Å². The SMILES string of the molecule is C[C@H]1CCCC[C@H]1NC(=O)NC(=O)COc1cccc([N+](=O)[O-])c1. The predicted molar refractivity (Wildman–Crippen MR) is 86.7 cm³/mol. The first-order valence-corrected chi connectivity index (χ1v) is 7.93. The highest BCUT2D eigenvalue weighted by atomic mass is 16.6. The summed E-state index contributed by atoms with van der Waals surface area (Å²) in [5, 5.41) is 15.7. The molecule has 0 radical (unpaired) electrons. The Hall–Kier alpha value is -2.64. The zero-order chi connectivity index (χ0) is 17.5. The second-order valence-corrected chi connectivity index (χ2v) is 5.93. The van der Waals surface area contributed by atoms with Crippen molar-refractivity contribution in [3.8, 4) is 5.75 Å². The molecule has 0 bridgehead atoms. The van der Waals surface area contributed by atoms with E-state index in [2.05, 4.69) is 17.6 Å². The fraction of sp³-hybridized carbons (Fsp3) is 0.500. The fourth-order valence-electron chi connectivity index (χ4n) is 2.73. The van der Waals surface area contributed by atoms with E-state index >= 15 is 0 Å². The number of ether oxygens (including phenoxy) is 1. The van der Waals surface area contributed by atoms with Crippen LogP contribution < -0.4 is 15.4 Å². The molecule has 8 heteroatoms. The van der Waals surface area contributed by atoms with Gasteiger partial charge in [-0.05, 0) is 24.8 Å². The molecule has 0 saturated heterocycles. The molecular weight excluding hydrogens is 314 g/mol. The first kappa shape index (κ1) is 17.7. The molecule has 1 saturated carbocycles. The Labute approximate surface area is 139 Å². The number of benzene rings is 1. The van der Waals surface area contributed by atoms with Crippen molar-refractivity contribution in [1.82, 2.24) is 10.6 Å². The fourth-order valence-corrected chi connectivity index (χ4v) is 2.73. The average molecular weight is 335 g/mol. The van der Waals surface area contributed by atoms with E-state index in [9.17, 15) is 19.7 Å². The monoisotopic (exact) mass is 335 g/mol. The lowest BCUT2D eigenvalue weighted by Gasteiger charge is -2.29. The number of nitro benzene ring substituents is 1. The maximum absolute atomic E-state index is 11.8. The molecule has 0 unspecified atom stereocenters. The predicted octanol–water partition coefficient (Wildman–Crippen LogP) is 2.38. The molecule has 2 N–H and O–H groups in total. The summed E-state index contributed by atoms with van der Waals surface area (Å²) in [7, 11) is 0. The van der Waals surface area contributed by atoms with Gasteiger partial charge in [0.2, 0.25) is 0 Å². The van der Waals surface area contributed by atoms with Crippen molar-refractivity contribution < 1.29 is 19.2 Å². The Balaban J connectivity index is 1.77. The molecule has 1 aliphatic rings. The normalized spacial score (nSPS) is 20.0. The van der Waals surface area contributed by atoms with Crippen molar-refractivity contribution in [1.29, 1.82) is 0 Å². The summed E-state index contributed by atoms with van der Waals surface area (Å²) in [5.74, 6) is -0.0242. The molecule has 24 heavy (non-hydrogen) atoms. The number of nitro groups is 1. The second kappa shape index (κ2) is 8.28. The number of rotatable bonds is 5. The van der Waals surface area contributed by atoms with Crippen LogP contribution in [0.25, 0.3) is 0 Å². The third-order valence-electron chi connectivity index (χ3n) is 4.08. The lowest BCUT2D eigenvalue weighted by Crippen LogP contribution is -2.48. The van der Waals surface area contributed by atoms with Crippen LogP contribution in [0.15, 0.2) is 24.3 Å². The van der Waals surface area contributed by atoms with Crippen LogP contribution in [0, 0.1) is 16.0 Å². The molecule has 0 aromatic heterocycles. The van der Waals surface area contributed by atoms with Crippen molar-refractivity contribution in [3.63, 3.8) is 0 Å². The van der Waals surface area contributed by atoms with E-state index < -0.39 is 23.5 Å². The number of nitrogens with one attached hydrogen (secondary N) is 2. The number of amides is 3. The molecule has 1 aromatic rings. The van der Waals surface area contributed by atoms with Crippen molar-refractivity contribution >= 4 is 17.6 Å². The molecule has 1 fully saturated rings. The van der Waals surface area contributed by atoms with Crippen LogP contribution in [0.1, 0.15) is 32.6 Å². The van der Waals surface area contributed by atoms with Crippen LogP contribution in [0.3, 0.4) is 0 Å². The molecule has 0 spiro atoms. The highest BCUT2D eigenvalue weighted by molar-refractivity contribution is 5.95. The average Bonchev–Trinajstić information content (AvgIpc) is 2.55. The number of imide groups is 1. The first-order valence-electron chi connectivity index (χ1n) is 7.93. The Kier molecular flexibility index (Phi) is 6.11. The van der Waals surface area contributed by atoms with E-state index in [0.29, 0.717) is 5.92 Å². The number of nitrogens with zero attached hydrogens (tertiary/aromatic N) is 1. The summed E-state index contributed by atoms with van der Waals surface area (Å²) in [5.41, 5.74) is -0.128. The Morgan fingerprint density at radius 3 is 2.79 bits per heavy atom. The van der Waals surface area contributed by atoms with Crippen LogP contribution in [0.4, 0.5) is 10.5 Å². The van der Waals surface area contributed by atoms with E-state index in [1.807, 2.05) is 0 Å². The maximum Gasteiger partial charge on any atom is 0.321 e. The molecule has 1 aromatic carbocycles. The summed E-state index contributed by atoms with van der Waals surface area (Å²) in [6.07, 6.45) is 4.21. The quantitative estimate of drug-likeness (QED) is 0.634. The largest absolute Gasteiger partial charge is 0.484 e. The lowest BCUT2D eigenvalue weighted by molar-refractivity contribution is -0.384. The lowest BCUT2D eigenvalue weighted by atomic mass is 9.86. The minimum absolute atomic E-state index is 0.0734. The van der Waals surface area contributed by atoms with Gasteiger partial charge in [-0.3, -0.25) is 20.2 Å². The van der Waals surface area contributed by atoms with Gasteiger partial charge in [0.25, 0.3) is 11.6 Å².